The zero-order chi connectivity index (χ0) is 23.5. The standard InChI is InChI=1S/C27H25ClN4OS/c1-18-15-21(32-13-3-2-4-14-34-32)7-8-22(18)27(33)30-20-6-9-24(28)23(16-20)26-10-5-19-17-29-12-11-25(19)31-26/h5-12,15-17H,2-4,13-14H2,1H3,(H,30,33). The van der Waals surface area contributed by atoms with Crippen molar-refractivity contribution in [3.63, 3.8) is 0 Å². The molecular weight excluding hydrogens is 464 g/mol. The Morgan fingerprint density at radius 1 is 1.06 bits per heavy atom. The highest BCUT2D eigenvalue weighted by molar-refractivity contribution is 8.00. The quantitative estimate of drug-likeness (QED) is 0.309. The molecule has 1 amide bonds. The molecule has 0 atom stereocenters. The second-order valence-electron chi connectivity index (χ2n) is 8.41. The van der Waals surface area contributed by atoms with Crippen LogP contribution in [0, 0.1) is 6.92 Å². The molecule has 1 aliphatic rings. The number of hydrogen-bond donors (Lipinski definition) is 1. The Balaban J connectivity index is 1.37. The predicted octanol–water partition coefficient (Wildman–Crippen LogP) is 7.15. The molecule has 0 radical (unpaired) electrons. The van der Waals surface area contributed by atoms with E-state index >= 15 is 0 Å². The van der Waals surface area contributed by atoms with Crippen molar-refractivity contribution in [1.82, 2.24) is 9.97 Å². The van der Waals surface area contributed by atoms with Crippen LogP contribution in [0.5, 0.6) is 0 Å². The number of aromatic nitrogens is 2. The number of fused-ring (bicyclic) bond motifs is 1. The lowest BCUT2D eigenvalue weighted by Crippen LogP contribution is -2.17. The summed E-state index contributed by atoms with van der Waals surface area (Å²) in [5.74, 6) is 1.00. The third-order valence-electron chi connectivity index (χ3n) is 5.98. The molecule has 2 aromatic carbocycles. The first-order chi connectivity index (χ1) is 16.6. The van der Waals surface area contributed by atoms with Crippen LogP contribution < -0.4 is 9.62 Å². The van der Waals surface area contributed by atoms with Crippen molar-refractivity contribution in [2.45, 2.75) is 26.2 Å². The van der Waals surface area contributed by atoms with Gasteiger partial charge in [0.15, 0.2) is 0 Å². The maximum absolute atomic E-state index is 13.1. The number of pyridine rings is 2. The van der Waals surface area contributed by atoms with Gasteiger partial charge < -0.3 is 9.62 Å². The molecule has 1 N–H and O–H groups in total. The van der Waals surface area contributed by atoms with Crippen LogP contribution in [0.1, 0.15) is 35.2 Å². The number of anilines is 2. The molecule has 34 heavy (non-hydrogen) atoms. The number of carbonyl (C=O) groups is 1. The first kappa shape index (κ1) is 22.7. The fraction of sp³-hybridized carbons (Fsp3) is 0.222. The van der Waals surface area contributed by atoms with Crippen molar-refractivity contribution in [3.8, 4) is 11.3 Å². The Kier molecular flexibility index (Phi) is 6.70. The van der Waals surface area contributed by atoms with Gasteiger partial charge in [0.2, 0.25) is 0 Å². The van der Waals surface area contributed by atoms with E-state index in [1.165, 1.54) is 19.3 Å². The van der Waals surface area contributed by atoms with Gasteiger partial charge >= 0.3 is 0 Å². The molecule has 0 saturated carbocycles. The number of rotatable bonds is 4. The van der Waals surface area contributed by atoms with Crippen molar-refractivity contribution < 1.29 is 4.79 Å². The van der Waals surface area contributed by atoms with Gasteiger partial charge in [-0.2, -0.15) is 0 Å². The summed E-state index contributed by atoms with van der Waals surface area (Å²) in [6.07, 6.45) is 7.24. The first-order valence-corrected chi connectivity index (χ1v) is 12.7. The second-order valence-corrected chi connectivity index (χ2v) is 9.92. The molecule has 1 fully saturated rings. The van der Waals surface area contributed by atoms with E-state index in [2.05, 4.69) is 20.7 Å². The zero-order valence-corrected chi connectivity index (χ0v) is 20.5. The van der Waals surface area contributed by atoms with Gasteiger partial charge in [-0.25, -0.2) is 4.98 Å². The van der Waals surface area contributed by atoms with Gasteiger partial charge in [0.1, 0.15) is 0 Å². The molecule has 0 bridgehead atoms. The maximum atomic E-state index is 13.1. The fourth-order valence-electron chi connectivity index (χ4n) is 4.15. The molecule has 7 heteroatoms. The summed E-state index contributed by atoms with van der Waals surface area (Å²) < 4.78 is 2.35. The van der Waals surface area contributed by atoms with Crippen LogP contribution in [0.4, 0.5) is 11.4 Å². The highest BCUT2D eigenvalue weighted by Crippen LogP contribution is 2.32. The number of halogens is 1. The summed E-state index contributed by atoms with van der Waals surface area (Å²) in [5.41, 5.74) is 5.81. The first-order valence-electron chi connectivity index (χ1n) is 11.4. The molecule has 0 aliphatic carbocycles. The van der Waals surface area contributed by atoms with E-state index in [4.69, 9.17) is 16.6 Å². The van der Waals surface area contributed by atoms with E-state index in [0.29, 0.717) is 16.3 Å². The molecule has 2 aromatic heterocycles. The van der Waals surface area contributed by atoms with Crippen LogP contribution in [0.25, 0.3) is 22.2 Å². The van der Waals surface area contributed by atoms with Gasteiger partial charge in [0, 0.05) is 52.6 Å². The summed E-state index contributed by atoms with van der Waals surface area (Å²) in [6, 6.07) is 17.3. The number of benzene rings is 2. The van der Waals surface area contributed by atoms with Crippen molar-refractivity contribution in [3.05, 3.63) is 83.1 Å². The number of amides is 1. The van der Waals surface area contributed by atoms with Gasteiger partial charge in [-0.15, -0.1) is 0 Å². The van der Waals surface area contributed by atoms with Crippen LogP contribution in [-0.2, 0) is 0 Å². The van der Waals surface area contributed by atoms with Crippen molar-refractivity contribution >= 4 is 51.7 Å². The van der Waals surface area contributed by atoms with E-state index in [0.717, 1.165) is 45.7 Å². The van der Waals surface area contributed by atoms with Crippen LogP contribution in [0.15, 0.2) is 67.0 Å². The molecule has 0 spiro atoms. The normalized spacial score (nSPS) is 14.1. The molecule has 5 nitrogen and oxygen atoms in total. The topological polar surface area (TPSA) is 58.1 Å². The average Bonchev–Trinajstić information content (AvgIpc) is 3.14. The van der Waals surface area contributed by atoms with E-state index in [-0.39, 0.29) is 5.91 Å². The van der Waals surface area contributed by atoms with Crippen molar-refractivity contribution in [2.24, 2.45) is 0 Å². The molecule has 172 valence electrons. The summed E-state index contributed by atoms with van der Waals surface area (Å²) in [5, 5.41) is 4.57. The minimum absolute atomic E-state index is 0.140. The fourth-order valence-corrected chi connectivity index (χ4v) is 5.44. The van der Waals surface area contributed by atoms with Crippen LogP contribution in [0.3, 0.4) is 0 Å². The van der Waals surface area contributed by atoms with E-state index in [1.54, 1.807) is 18.5 Å². The summed E-state index contributed by atoms with van der Waals surface area (Å²) in [6.45, 7) is 3.03. The van der Waals surface area contributed by atoms with E-state index < -0.39 is 0 Å². The maximum Gasteiger partial charge on any atom is 0.255 e. The zero-order valence-electron chi connectivity index (χ0n) is 18.9. The molecule has 1 aliphatic heterocycles. The number of nitrogens with zero attached hydrogens (tertiary/aromatic N) is 3. The van der Waals surface area contributed by atoms with Crippen molar-refractivity contribution in [1.29, 1.82) is 0 Å². The van der Waals surface area contributed by atoms with Crippen LogP contribution >= 0.6 is 23.5 Å². The number of nitrogens with one attached hydrogen (secondary N) is 1. The van der Waals surface area contributed by atoms with Crippen LogP contribution in [0.2, 0.25) is 5.02 Å². The third-order valence-corrected chi connectivity index (χ3v) is 7.49. The number of aryl methyl sites for hydroxylation is 1. The lowest BCUT2D eigenvalue weighted by molar-refractivity contribution is 0.102. The minimum Gasteiger partial charge on any atom is -0.322 e. The van der Waals surface area contributed by atoms with Crippen LogP contribution in [-0.4, -0.2) is 28.2 Å². The lowest BCUT2D eigenvalue weighted by atomic mass is 10.1. The molecule has 0 unspecified atom stereocenters. The van der Waals surface area contributed by atoms with Gasteiger partial charge in [-0.1, -0.05) is 18.0 Å². The molecule has 5 rings (SSSR count). The Morgan fingerprint density at radius 3 is 2.85 bits per heavy atom. The summed E-state index contributed by atoms with van der Waals surface area (Å²) in [7, 11) is 0. The smallest absolute Gasteiger partial charge is 0.255 e. The lowest BCUT2D eigenvalue weighted by Gasteiger charge is -2.22. The molecule has 4 aromatic rings. The SMILES string of the molecule is Cc1cc(N2CCCCCS2)ccc1C(=O)Nc1ccc(Cl)c(-c2ccc3cnccc3n2)c1. The van der Waals surface area contributed by atoms with Crippen molar-refractivity contribution in [2.75, 3.05) is 21.9 Å². The van der Waals surface area contributed by atoms with E-state index in [1.807, 2.05) is 61.3 Å². The number of carbonyl (C=O) groups excluding carboxylic acids is 1. The Bertz CT molecular complexity index is 1350. The molecule has 1 saturated heterocycles. The predicted molar refractivity (Wildman–Crippen MR) is 143 cm³/mol. The minimum atomic E-state index is -0.140. The van der Waals surface area contributed by atoms with Gasteiger partial charge in [-0.05, 0) is 91.9 Å². The highest BCUT2D eigenvalue weighted by Gasteiger charge is 2.16. The van der Waals surface area contributed by atoms with Gasteiger partial charge in [-0.3, -0.25) is 9.78 Å². The monoisotopic (exact) mass is 488 g/mol. The Morgan fingerprint density at radius 2 is 1.97 bits per heavy atom. The van der Waals surface area contributed by atoms with Gasteiger partial charge in [0.25, 0.3) is 5.91 Å². The third kappa shape index (κ3) is 4.88. The summed E-state index contributed by atoms with van der Waals surface area (Å²) in [4.78, 5) is 21.9. The highest BCUT2D eigenvalue weighted by atomic mass is 35.5. The number of hydrogen-bond acceptors (Lipinski definition) is 5. The second kappa shape index (κ2) is 10.0. The average molecular weight is 489 g/mol. The Labute approximate surface area is 208 Å². The van der Waals surface area contributed by atoms with E-state index in [9.17, 15) is 4.79 Å². The summed E-state index contributed by atoms with van der Waals surface area (Å²) >= 11 is 8.37. The Hall–Kier alpha value is -3.09. The largest absolute Gasteiger partial charge is 0.322 e. The molecular formula is C27H25ClN4OS. The van der Waals surface area contributed by atoms with Gasteiger partial charge in [0.05, 0.1) is 16.2 Å². The molecule has 3 heterocycles.